The fourth-order valence-corrected chi connectivity index (χ4v) is 2.13. The molecule has 0 spiro atoms. The summed E-state index contributed by atoms with van der Waals surface area (Å²) in [7, 11) is 0. The molecule has 130 valence electrons. The lowest BCUT2D eigenvalue weighted by molar-refractivity contribution is -0.115. The van der Waals surface area contributed by atoms with Crippen LogP contribution in [0.1, 0.15) is 29.8 Å². The van der Waals surface area contributed by atoms with Gasteiger partial charge in [0.2, 0.25) is 11.8 Å². The zero-order chi connectivity index (χ0) is 18.2. The van der Waals surface area contributed by atoms with E-state index >= 15 is 0 Å². The summed E-state index contributed by atoms with van der Waals surface area (Å²) in [5.74, 6) is -1.06. The summed E-state index contributed by atoms with van der Waals surface area (Å²) < 4.78 is 0. The zero-order valence-electron chi connectivity index (χ0n) is 14.0. The van der Waals surface area contributed by atoms with Gasteiger partial charge in [0.1, 0.15) is 0 Å². The molecular weight excluding hydrogens is 322 g/mol. The summed E-state index contributed by atoms with van der Waals surface area (Å²) in [5, 5.41) is 5.17. The van der Waals surface area contributed by atoms with Crippen LogP contribution in [0.2, 0.25) is 0 Å². The lowest BCUT2D eigenvalue weighted by Gasteiger charge is -2.11. The van der Waals surface area contributed by atoms with Gasteiger partial charge in [0, 0.05) is 30.8 Å². The lowest BCUT2D eigenvalue weighted by Crippen LogP contribution is -2.24. The Morgan fingerprint density at radius 3 is 1.96 bits per heavy atom. The van der Waals surface area contributed by atoms with E-state index in [0.29, 0.717) is 11.4 Å². The molecule has 0 aromatic heterocycles. The standard InChI is InChI=1S/C18H19N3O4/c1-12(22)19-16-8-15(9-17(10-16)20-13(2)23)18(24)21-25-11-14-6-4-3-5-7-14/h3-10H,11H2,1-2H3,(H,19,22)(H,20,23)(H,21,24). The number of hydroxylamine groups is 1. The van der Waals surface area contributed by atoms with Crippen LogP contribution < -0.4 is 16.1 Å². The van der Waals surface area contributed by atoms with Gasteiger partial charge >= 0.3 is 0 Å². The Morgan fingerprint density at radius 2 is 1.44 bits per heavy atom. The average molecular weight is 341 g/mol. The molecule has 0 radical (unpaired) electrons. The fraction of sp³-hybridized carbons (Fsp3) is 0.167. The van der Waals surface area contributed by atoms with E-state index in [-0.39, 0.29) is 24.0 Å². The van der Waals surface area contributed by atoms with E-state index in [1.54, 1.807) is 6.07 Å². The van der Waals surface area contributed by atoms with Crippen LogP contribution in [0.15, 0.2) is 48.5 Å². The van der Waals surface area contributed by atoms with Crippen molar-refractivity contribution < 1.29 is 19.2 Å². The molecule has 7 nitrogen and oxygen atoms in total. The van der Waals surface area contributed by atoms with Gasteiger partial charge in [-0.1, -0.05) is 30.3 Å². The number of carbonyl (C=O) groups is 3. The first-order valence-electron chi connectivity index (χ1n) is 7.60. The second-order valence-corrected chi connectivity index (χ2v) is 5.37. The number of rotatable bonds is 6. The number of anilines is 2. The summed E-state index contributed by atoms with van der Waals surface area (Å²) in [6.45, 7) is 2.93. The van der Waals surface area contributed by atoms with Gasteiger partial charge < -0.3 is 10.6 Å². The van der Waals surface area contributed by atoms with Crippen LogP contribution in [0.25, 0.3) is 0 Å². The van der Waals surface area contributed by atoms with Gasteiger partial charge in [0.25, 0.3) is 5.91 Å². The van der Waals surface area contributed by atoms with Crippen molar-refractivity contribution in [2.45, 2.75) is 20.5 Å². The molecular formula is C18H19N3O4. The minimum absolute atomic E-state index is 0.219. The SMILES string of the molecule is CC(=O)Nc1cc(NC(C)=O)cc(C(=O)NOCc2ccccc2)c1. The molecule has 3 N–H and O–H groups in total. The van der Waals surface area contributed by atoms with Crippen molar-refractivity contribution in [1.29, 1.82) is 0 Å². The van der Waals surface area contributed by atoms with Crippen LogP contribution in [-0.4, -0.2) is 17.7 Å². The van der Waals surface area contributed by atoms with Gasteiger partial charge in [-0.15, -0.1) is 0 Å². The molecule has 2 aromatic carbocycles. The smallest absolute Gasteiger partial charge is 0.275 e. The van der Waals surface area contributed by atoms with E-state index in [0.717, 1.165) is 5.56 Å². The summed E-state index contributed by atoms with van der Waals surface area (Å²) in [6.07, 6.45) is 0. The van der Waals surface area contributed by atoms with E-state index in [1.165, 1.54) is 26.0 Å². The van der Waals surface area contributed by atoms with Crippen LogP contribution in [0.3, 0.4) is 0 Å². The van der Waals surface area contributed by atoms with Gasteiger partial charge in [-0.3, -0.25) is 19.2 Å². The highest BCUT2D eigenvalue weighted by Crippen LogP contribution is 2.19. The molecule has 0 aliphatic carbocycles. The van der Waals surface area contributed by atoms with Gasteiger partial charge in [0.05, 0.1) is 6.61 Å². The van der Waals surface area contributed by atoms with Crippen molar-refractivity contribution in [3.8, 4) is 0 Å². The first kappa shape index (κ1) is 18.2. The number of carbonyl (C=O) groups excluding carboxylic acids is 3. The largest absolute Gasteiger partial charge is 0.326 e. The van der Waals surface area contributed by atoms with Gasteiger partial charge in [-0.25, -0.2) is 5.48 Å². The Morgan fingerprint density at radius 1 is 0.880 bits per heavy atom. The number of hydrogen-bond acceptors (Lipinski definition) is 4. The second kappa shape index (κ2) is 8.60. The third-order valence-electron chi connectivity index (χ3n) is 3.08. The fourth-order valence-electron chi connectivity index (χ4n) is 2.13. The predicted molar refractivity (Wildman–Crippen MR) is 93.7 cm³/mol. The number of hydrogen-bond donors (Lipinski definition) is 3. The molecule has 7 heteroatoms. The zero-order valence-corrected chi connectivity index (χ0v) is 14.0. The molecule has 25 heavy (non-hydrogen) atoms. The maximum Gasteiger partial charge on any atom is 0.275 e. The molecule has 2 rings (SSSR count). The quantitative estimate of drug-likeness (QED) is 0.703. The number of benzene rings is 2. The van der Waals surface area contributed by atoms with E-state index < -0.39 is 5.91 Å². The van der Waals surface area contributed by atoms with E-state index in [9.17, 15) is 14.4 Å². The summed E-state index contributed by atoms with van der Waals surface area (Å²) in [4.78, 5) is 39.9. The molecule has 0 bridgehead atoms. The predicted octanol–water partition coefficient (Wildman–Crippen LogP) is 2.46. The van der Waals surface area contributed by atoms with Crippen molar-refractivity contribution in [3.05, 3.63) is 59.7 Å². The van der Waals surface area contributed by atoms with Crippen LogP contribution in [0.4, 0.5) is 11.4 Å². The Balaban J connectivity index is 2.08. The van der Waals surface area contributed by atoms with E-state index in [2.05, 4.69) is 16.1 Å². The topological polar surface area (TPSA) is 96.5 Å². The van der Waals surface area contributed by atoms with Crippen LogP contribution >= 0.6 is 0 Å². The molecule has 0 aliphatic rings. The Kier molecular flexibility index (Phi) is 6.25. The Labute approximate surface area is 145 Å². The summed E-state index contributed by atoms with van der Waals surface area (Å²) in [6, 6.07) is 13.9. The first-order chi connectivity index (χ1) is 11.9. The van der Waals surface area contributed by atoms with E-state index in [1.807, 2.05) is 30.3 Å². The maximum absolute atomic E-state index is 12.2. The highest BCUT2D eigenvalue weighted by molar-refractivity contribution is 5.99. The van der Waals surface area contributed by atoms with Crippen LogP contribution in [0, 0.1) is 0 Å². The minimum Gasteiger partial charge on any atom is -0.326 e. The number of amides is 3. The van der Waals surface area contributed by atoms with Crippen molar-refractivity contribution in [1.82, 2.24) is 5.48 Å². The molecule has 0 atom stereocenters. The third kappa shape index (κ3) is 6.08. The summed E-state index contributed by atoms with van der Waals surface area (Å²) in [5.41, 5.74) is 4.28. The molecule has 0 unspecified atom stereocenters. The molecule has 0 heterocycles. The average Bonchev–Trinajstić information content (AvgIpc) is 2.54. The minimum atomic E-state index is -0.491. The molecule has 0 fully saturated rings. The highest BCUT2D eigenvalue weighted by atomic mass is 16.6. The first-order valence-corrected chi connectivity index (χ1v) is 7.60. The van der Waals surface area contributed by atoms with Crippen molar-refractivity contribution in [2.75, 3.05) is 10.6 Å². The van der Waals surface area contributed by atoms with Crippen LogP contribution in [0.5, 0.6) is 0 Å². The molecule has 2 aromatic rings. The van der Waals surface area contributed by atoms with Gasteiger partial charge in [0.15, 0.2) is 0 Å². The van der Waals surface area contributed by atoms with Gasteiger partial charge in [-0.05, 0) is 23.8 Å². The highest BCUT2D eigenvalue weighted by Gasteiger charge is 2.11. The molecule has 3 amide bonds. The third-order valence-corrected chi connectivity index (χ3v) is 3.08. The molecule has 0 saturated carbocycles. The van der Waals surface area contributed by atoms with Gasteiger partial charge in [-0.2, -0.15) is 0 Å². The molecule has 0 aliphatic heterocycles. The number of nitrogens with one attached hydrogen (secondary N) is 3. The summed E-state index contributed by atoms with van der Waals surface area (Å²) >= 11 is 0. The van der Waals surface area contributed by atoms with Crippen molar-refractivity contribution in [3.63, 3.8) is 0 Å². The lowest BCUT2D eigenvalue weighted by atomic mass is 10.1. The van der Waals surface area contributed by atoms with Crippen molar-refractivity contribution in [2.24, 2.45) is 0 Å². The Hall–Kier alpha value is -3.19. The second-order valence-electron chi connectivity index (χ2n) is 5.37. The maximum atomic E-state index is 12.2. The van der Waals surface area contributed by atoms with Crippen molar-refractivity contribution >= 4 is 29.1 Å². The molecule has 0 saturated heterocycles. The Bertz CT molecular complexity index is 741. The normalized spacial score (nSPS) is 10.0. The van der Waals surface area contributed by atoms with Crippen LogP contribution in [-0.2, 0) is 21.0 Å². The van der Waals surface area contributed by atoms with E-state index in [4.69, 9.17) is 4.84 Å². The monoisotopic (exact) mass is 341 g/mol.